The molecule has 0 N–H and O–H groups in total. The first-order chi connectivity index (χ1) is 11.7. The highest BCUT2D eigenvalue weighted by Crippen LogP contribution is 2.15. The molecule has 0 saturated heterocycles. The second kappa shape index (κ2) is 6.86. The van der Waals surface area contributed by atoms with Gasteiger partial charge in [-0.05, 0) is 29.8 Å². The van der Waals surface area contributed by atoms with Crippen molar-refractivity contribution in [2.75, 3.05) is 14.2 Å². The van der Waals surface area contributed by atoms with Crippen LogP contribution in [0.3, 0.4) is 0 Å². The minimum Gasteiger partial charge on any atom is -0.497 e. The highest BCUT2D eigenvalue weighted by atomic mass is 16.5. The normalized spacial score (nSPS) is 10.4. The SMILES string of the molecule is COC(=O)c1ccc(-c2cn(Cc3ccc(OC)cc3)nn2)nn1. The van der Waals surface area contributed by atoms with Crippen LogP contribution in [0.25, 0.3) is 11.4 Å². The molecule has 8 nitrogen and oxygen atoms in total. The van der Waals surface area contributed by atoms with Gasteiger partial charge in [-0.1, -0.05) is 17.3 Å². The van der Waals surface area contributed by atoms with Crippen molar-refractivity contribution in [3.8, 4) is 17.1 Å². The van der Waals surface area contributed by atoms with Crippen molar-refractivity contribution in [3.05, 3.63) is 53.9 Å². The molecule has 0 atom stereocenters. The fourth-order valence-electron chi connectivity index (χ4n) is 2.09. The van der Waals surface area contributed by atoms with E-state index in [-0.39, 0.29) is 5.69 Å². The fraction of sp³-hybridized carbons (Fsp3) is 0.188. The van der Waals surface area contributed by atoms with E-state index >= 15 is 0 Å². The lowest BCUT2D eigenvalue weighted by molar-refractivity contribution is 0.0592. The molecule has 0 unspecified atom stereocenters. The summed E-state index contributed by atoms with van der Waals surface area (Å²) in [5.74, 6) is 0.274. The van der Waals surface area contributed by atoms with E-state index in [1.54, 1.807) is 24.1 Å². The molecule has 1 aromatic carbocycles. The minimum absolute atomic E-state index is 0.145. The molecule has 0 amide bonds. The quantitative estimate of drug-likeness (QED) is 0.658. The van der Waals surface area contributed by atoms with Gasteiger partial charge in [-0.3, -0.25) is 0 Å². The molecular weight excluding hydrogens is 310 g/mol. The largest absolute Gasteiger partial charge is 0.497 e. The van der Waals surface area contributed by atoms with Crippen LogP contribution >= 0.6 is 0 Å². The van der Waals surface area contributed by atoms with Crippen molar-refractivity contribution in [1.82, 2.24) is 25.2 Å². The number of rotatable bonds is 5. The van der Waals surface area contributed by atoms with E-state index in [0.29, 0.717) is 17.9 Å². The van der Waals surface area contributed by atoms with E-state index in [4.69, 9.17) is 4.74 Å². The summed E-state index contributed by atoms with van der Waals surface area (Å²) in [4.78, 5) is 11.3. The van der Waals surface area contributed by atoms with Gasteiger partial charge in [0.25, 0.3) is 0 Å². The number of hydrogen-bond donors (Lipinski definition) is 0. The van der Waals surface area contributed by atoms with Crippen LogP contribution in [-0.4, -0.2) is 45.4 Å². The summed E-state index contributed by atoms with van der Waals surface area (Å²) in [7, 11) is 2.92. The van der Waals surface area contributed by atoms with E-state index in [2.05, 4.69) is 25.2 Å². The van der Waals surface area contributed by atoms with Gasteiger partial charge in [0.1, 0.15) is 17.1 Å². The maximum Gasteiger partial charge on any atom is 0.358 e. The number of carbonyl (C=O) groups is 1. The van der Waals surface area contributed by atoms with Crippen LogP contribution in [0.1, 0.15) is 16.1 Å². The Kier molecular flexibility index (Phi) is 4.46. The molecular formula is C16H15N5O3. The Morgan fingerprint density at radius 1 is 1.00 bits per heavy atom. The maximum absolute atomic E-state index is 11.3. The average molecular weight is 325 g/mol. The van der Waals surface area contributed by atoms with Crippen molar-refractivity contribution in [3.63, 3.8) is 0 Å². The molecule has 0 spiro atoms. The minimum atomic E-state index is -0.530. The highest BCUT2D eigenvalue weighted by molar-refractivity contribution is 5.87. The van der Waals surface area contributed by atoms with Crippen molar-refractivity contribution < 1.29 is 14.3 Å². The number of methoxy groups -OCH3 is 2. The third-order valence-electron chi connectivity index (χ3n) is 3.36. The Hall–Kier alpha value is -3.29. The Morgan fingerprint density at radius 2 is 1.79 bits per heavy atom. The van der Waals surface area contributed by atoms with Crippen molar-refractivity contribution in [2.45, 2.75) is 6.54 Å². The van der Waals surface area contributed by atoms with Crippen LogP contribution in [0, 0.1) is 0 Å². The molecule has 2 aromatic heterocycles. The first kappa shape index (κ1) is 15.6. The molecule has 0 fully saturated rings. The van der Waals surface area contributed by atoms with Gasteiger partial charge >= 0.3 is 5.97 Å². The summed E-state index contributed by atoms with van der Waals surface area (Å²) in [6, 6.07) is 10.9. The van der Waals surface area contributed by atoms with Gasteiger partial charge in [-0.15, -0.1) is 15.3 Å². The fourth-order valence-corrected chi connectivity index (χ4v) is 2.09. The molecule has 122 valence electrons. The summed E-state index contributed by atoms with van der Waals surface area (Å²) in [6.45, 7) is 0.574. The predicted octanol–water partition coefficient (Wildman–Crippen LogP) is 1.58. The van der Waals surface area contributed by atoms with E-state index in [1.807, 2.05) is 24.3 Å². The first-order valence-corrected chi connectivity index (χ1v) is 7.15. The van der Waals surface area contributed by atoms with E-state index < -0.39 is 5.97 Å². The van der Waals surface area contributed by atoms with Gasteiger partial charge in [0, 0.05) is 0 Å². The zero-order valence-corrected chi connectivity index (χ0v) is 13.2. The molecule has 0 radical (unpaired) electrons. The highest BCUT2D eigenvalue weighted by Gasteiger charge is 2.11. The molecule has 24 heavy (non-hydrogen) atoms. The monoisotopic (exact) mass is 325 g/mol. The summed E-state index contributed by atoms with van der Waals surface area (Å²) in [6.07, 6.45) is 1.77. The van der Waals surface area contributed by atoms with Crippen LogP contribution < -0.4 is 4.74 Å². The molecule has 0 aliphatic heterocycles. The van der Waals surface area contributed by atoms with Crippen LogP contribution in [0.2, 0.25) is 0 Å². The number of carbonyl (C=O) groups excluding carboxylic acids is 1. The predicted molar refractivity (Wildman–Crippen MR) is 84.5 cm³/mol. The molecule has 3 rings (SSSR count). The van der Waals surface area contributed by atoms with Gasteiger partial charge in [0.05, 0.1) is 27.0 Å². The zero-order chi connectivity index (χ0) is 16.9. The lowest BCUT2D eigenvalue weighted by atomic mass is 10.2. The first-order valence-electron chi connectivity index (χ1n) is 7.15. The molecule has 3 aromatic rings. The van der Waals surface area contributed by atoms with Crippen LogP contribution in [-0.2, 0) is 11.3 Å². The number of nitrogens with zero attached hydrogens (tertiary/aromatic N) is 5. The zero-order valence-electron chi connectivity index (χ0n) is 13.2. The van der Waals surface area contributed by atoms with Gasteiger partial charge in [0.15, 0.2) is 5.69 Å². The number of esters is 1. The lowest BCUT2D eigenvalue weighted by Crippen LogP contribution is -2.05. The molecule has 2 heterocycles. The van der Waals surface area contributed by atoms with E-state index in [0.717, 1.165) is 11.3 Å². The summed E-state index contributed by atoms with van der Waals surface area (Å²) < 4.78 is 11.4. The van der Waals surface area contributed by atoms with Crippen molar-refractivity contribution >= 4 is 5.97 Å². The summed E-state index contributed by atoms with van der Waals surface area (Å²) >= 11 is 0. The molecule has 0 saturated carbocycles. The number of aromatic nitrogens is 5. The Balaban J connectivity index is 1.73. The molecule has 0 aliphatic rings. The van der Waals surface area contributed by atoms with E-state index in [1.165, 1.54) is 13.2 Å². The summed E-state index contributed by atoms with van der Waals surface area (Å²) in [5.41, 5.74) is 2.32. The molecule has 0 aliphatic carbocycles. The summed E-state index contributed by atoms with van der Waals surface area (Å²) in [5, 5.41) is 16.0. The third-order valence-corrected chi connectivity index (χ3v) is 3.36. The maximum atomic E-state index is 11.3. The van der Waals surface area contributed by atoms with Crippen LogP contribution in [0.4, 0.5) is 0 Å². The van der Waals surface area contributed by atoms with Gasteiger partial charge in [-0.2, -0.15) is 0 Å². The van der Waals surface area contributed by atoms with E-state index in [9.17, 15) is 4.79 Å². The van der Waals surface area contributed by atoms with Gasteiger partial charge in [0.2, 0.25) is 0 Å². The lowest BCUT2D eigenvalue weighted by Gasteiger charge is -2.03. The van der Waals surface area contributed by atoms with Gasteiger partial charge < -0.3 is 9.47 Å². The number of ether oxygens (including phenoxy) is 2. The van der Waals surface area contributed by atoms with Crippen molar-refractivity contribution in [2.24, 2.45) is 0 Å². The Labute approximate surface area is 138 Å². The van der Waals surface area contributed by atoms with Crippen LogP contribution in [0.5, 0.6) is 5.75 Å². The smallest absolute Gasteiger partial charge is 0.358 e. The molecule has 0 bridgehead atoms. The second-order valence-electron chi connectivity index (χ2n) is 4.94. The molecule has 8 heteroatoms. The third kappa shape index (κ3) is 3.37. The number of benzene rings is 1. The van der Waals surface area contributed by atoms with Gasteiger partial charge in [-0.25, -0.2) is 9.48 Å². The standard InChI is InChI=1S/C16H15N5O3/c1-23-12-5-3-11(4-6-12)9-21-10-15(19-20-21)13-7-8-14(18-17-13)16(22)24-2/h3-8,10H,9H2,1-2H3. The average Bonchev–Trinajstić information content (AvgIpc) is 3.10. The topological polar surface area (TPSA) is 92.0 Å². The van der Waals surface area contributed by atoms with Crippen molar-refractivity contribution in [1.29, 1.82) is 0 Å². The Bertz CT molecular complexity index is 828. The second-order valence-corrected chi connectivity index (χ2v) is 4.94. The Morgan fingerprint density at radius 3 is 2.42 bits per heavy atom. The van der Waals surface area contributed by atoms with Crippen LogP contribution in [0.15, 0.2) is 42.6 Å². The number of hydrogen-bond acceptors (Lipinski definition) is 7.